The number of hydrogen-bond donors (Lipinski definition) is 1. The lowest BCUT2D eigenvalue weighted by Crippen LogP contribution is -2.12. The molecule has 6 heteroatoms. The fourth-order valence-electron chi connectivity index (χ4n) is 2.94. The number of aromatic nitrogens is 3. The van der Waals surface area contributed by atoms with E-state index >= 15 is 0 Å². The van der Waals surface area contributed by atoms with Crippen molar-refractivity contribution >= 4 is 11.6 Å². The van der Waals surface area contributed by atoms with Crippen LogP contribution in [-0.4, -0.2) is 21.0 Å². The Kier molecular flexibility index (Phi) is 5.16. The smallest absolute Gasteiger partial charge is 0.260 e. The molecule has 0 radical (unpaired) electrons. The lowest BCUT2D eigenvalue weighted by atomic mass is 10.0. The number of carbonyl (C=O) groups excluding carboxylic acids is 1. The van der Waals surface area contributed by atoms with Crippen molar-refractivity contribution in [3.05, 3.63) is 84.2 Å². The summed E-state index contributed by atoms with van der Waals surface area (Å²) in [5.41, 5.74) is 3.85. The van der Waals surface area contributed by atoms with E-state index in [2.05, 4.69) is 34.3 Å². The van der Waals surface area contributed by atoms with Gasteiger partial charge in [-0.2, -0.15) is 4.98 Å². The van der Waals surface area contributed by atoms with E-state index in [4.69, 9.17) is 4.52 Å². The van der Waals surface area contributed by atoms with Crippen molar-refractivity contribution in [2.75, 3.05) is 5.32 Å². The molecule has 29 heavy (non-hydrogen) atoms. The summed E-state index contributed by atoms with van der Waals surface area (Å²) >= 11 is 0. The molecule has 0 bridgehead atoms. The van der Waals surface area contributed by atoms with Crippen molar-refractivity contribution in [1.82, 2.24) is 15.1 Å². The molecule has 2 heterocycles. The van der Waals surface area contributed by atoms with Crippen LogP contribution >= 0.6 is 0 Å². The van der Waals surface area contributed by atoms with Gasteiger partial charge < -0.3 is 9.84 Å². The number of nitrogens with zero attached hydrogens (tertiary/aromatic N) is 3. The van der Waals surface area contributed by atoms with Gasteiger partial charge in [-0.05, 0) is 47.9 Å². The van der Waals surface area contributed by atoms with Gasteiger partial charge in [0.15, 0.2) is 0 Å². The molecule has 0 aliphatic carbocycles. The van der Waals surface area contributed by atoms with Crippen molar-refractivity contribution in [2.45, 2.75) is 19.8 Å². The van der Waals surface area contributed by atoms with Gasteiger partial charge in [0.25, 0.3) is 11.8 Å². The summed E-state index contributed by atoms with van der Waals surface area (Å²) in [4.78, 5) is 21.2. The molecule has 1 N–H and O–H groups in total. The molecule has 6 nitrogen and oxygen atoms in total. The Hall–Kier alpha value is -3.80. The largest absolute Gasteiger partial charge is 0.334 e. The summed E-state index contributed by atoms with van der Waals surface area (Å²) in [5, 5.41) is 6.99. The van der Waals surface area contributed by atoms with Crippen LogP contribution in [0.15, 0.2) is 77.6 Å². The third kappa shape index (κ3) is 4.06. The molecule has 1 amide bonds. The minimum Gasteiger partial charge on any atom is -0.334 e. The molecule has 0 unspecified atom stereocenters. The van der Waals surface area contributed by atoms with Gasteiger partial charge in [0.2, 0.25) is 5.82 Å². The minimum absolute atomic E-state index is 0.193. The number of hydrogen-bond acceptors (Lipinski definition) is 5. The third-order valence-electron chi connectivity index (χ3n) is 4.61. The zero-order chi connectivity index (χ0) is 20.2. The normalized spacial score (nSPS) is 10.9. The Morgan fingerprint density at radius 3 is 2.41 bits per heavy atom. The second-order valence-corrected chi connectivity index (χ2v) is 6.94. The SMILES string of the molecule is CC(C)c1ccc(C(=O)Nc2ccccc2-c2nc(-c3ccncc3)no2)cc1. The first-order chi connectivity index (χ1) is 14.1. The van der Waals surface area contributed by atoms with Crippen molar-refractivity contribution in [1.29, 1.82) is 0 Å². The van der Waals surface area contributed by atoms with E-state index in [-0.39, 0.29) is 5.91 Å². The molecule has 0 saturated heterocycles. The molecule has 0 atom stereocenters. The third-order valence-corrected chi connectivity index (χ3v) is 4.61. The molecule has 0 fully saturated rings. The first kappa shape index (κ1) is 18.6. The van der Waals surface area contributed by atoms with Crippen LogP contribution in [0.1, 0.15) is 35.7 Å². The Bertz CT molecular complexity index is 1120. The Balaban J connectivity index is 1.59. The van der Waals surface area contributed by atoms with Crippen LogP contribution in [0.3, 0.4) is 0 Å². The summed E-state index contributed by atoms with van der Waals surface area (Å²) in [5.74, 6) is 1.03. The van der Waals surface area contributed by atoms with Gasteiger partial charge in [0, 0.05) is 23.5 Å². The predicted molar refractivity (Wildman–Crippen MR) is 111 cm³/mol. The number of carbonyl (C=O) groups is 1. The molecule has 0 aliphatic rings. The van der Waals surface area contributed by atoms with Crippen LogP contribution < -0.4 is 5.32 Å². The van der Waals surface area contributed by atoms with E-state index in [1.165, 1.54) is 5.56 Å². The van der Waals surface area contributed by atoms with E-state index in [0.29, 0.717) is 34.4 Å². The van der Waals surface area contributed by atoms with Crippen LogP contribution in [0.4, 0.5) is 5.69 Å². The average molecular weight is 384 g/mol. The molecule has 144 valence electrons. The highest BCUT2D eigenvalue weighted by Gasteiger charge is 2.16. The van der Waals surface area contributed by atoms with E-state index in [1.807, 2.05) is 60.7 Å². The van der Waals surface area contributed by atoms with E-state index < -0.39 is 0 Å². The highest BCUT2D eigenvalue weighted by atomic mass is 16.5. The minimum atomic E-state index is -0.193. The summed E-state index contributed by atoms with van der Waals surface area (Å²) < 4.78 is 5.44. The van der Waals surface area contributed by atoms with E-state index in [0.717, 1.165) is 5.56 Å². The zero-order valence-corrected chi connectivity index (χ0v) is 16.2. The van der Waals surface area contributed by atoms with Crippen molar-refractivity contribution in [3.8, 4) is 22.8 Å². The highest BCUT2D eigenvalue weighted by Crippen LogP contribution is 2.28. The van der Waals surface area contributed by atoms with Gasteiger partial charge >= 0.3 is 0 Å². The number of para-hydroxylation sites is 1. The topological polar surface area (TPSA) is 80.9 Å². The Labute approximate surface area is 168 Å². The van der Waals surface area contributed by atoms with Gasteiger partial charge in [-0.3, -0.25) is 9.78 Å². The van der Waals surface area contributed by atoms with Gasteiger partial charge in [-0.25, -0.2) is 0 Å². The highest BCUT2D eigenvalue weighted by molar-refractivity contribution is 6.06. The number of pyridine rings is 1. The summed E-state index contributed by atoms with van der Waals surface area (Å²) in [6.07, 6.45) is 3.34. The zero-order valence-electron chi connectivity index (χ0n) is 16.2. The van der Waals surface area contributed by atoms with Gasteiger partial charge in [-0.15, -0.1) is 0 Å². The van der Waals surface area contributed by atoms with Crippen molar-refractivity contribution in [2.24, 2.45) is 0 Å². The second kappa shape index (κ2) is 8.06. The van der Waals surface area contributed by atoms with Crippen LogP contribution in [0.2, 0.25) is 0 Å². The lowest BCUT2D eigenvalue weighted by Gasteiger charge is -2.10. The maximum atomic E-state index is 12.7. The second-order valence-electron chi connectivity index (χ2n) is 6.94. The van der Waals surface area contributed by atoms with Gasteiger partial charge in [0.05, 0.1) is 11.3 Å². The van der Waals surface area contributed by atoms with Crippen LogP contribution in [0.25, 0.3) is 22.8 Å². The summed E-state index contributed by atoms with van der Waals surface area (Å²) in [6, 6.07) is 18.6. The molecular formula is C23H20N4O2. The number of amides is 1. The fourth-order valence-corrected chi connectivity index (χ4v) is 2.94. The quantitative estimate of drug-likeness (QED) is 0.513. The first-order valence-corrected chi connectivity index (χ1v) is 9.36. The summed E-state index contributed by atoms with van der Waals surface area (Å²) in [6.45, 7) is 4.24. The molecule has 2 aromatic heterocycles. The van der Waals surface area contributed by atoms with Crippen LogP contribution in [0, 0.1) is 0 Å². The maximum Gasteiger partial charge on any atom is 0.260 e. The molecule has 0 aliphatic heterocycles. The Morgan fingerprint density at radius 1 is 0.966 bits per heavy atom. The molecule has 0 saturated carbocycles. The van der Waals surface area contributed by atoms with Gasteiger partial charge in [-0.1, -0.05) is 43.3 Å². The van der Waals surface area contributed by atoms with Gasteiger partial charge in [0.1, 0.15) is 0 Å². The fraction of sp³-hybridized carbons (Fsp3) is 0.130. The van der Waals surface area contributed by atoms with E-state index in [1.54, 1.807) is 12.4 Å². The molecule has 0 spiro atoms. The molecule has 2 aromatic carbocycles. The van der Waals surface area contributed by atoms with Crippen molar-refractivity contribution < 1.29 is 9.32 Å². The van der Waals surface area contributed by atoms with Crippen molar-refractivity contribution in [3.63, 3.8) is 0 Å². The standard InChI is InChI=1S/C23H20N4O2/c1-15(2)16-7-9-18(10-8-16)22(28)25-20-6-4-3-5-19(20)23-26-21(27-29-23)17-11-13-24-14-12-17/h3-15H,1-2H3,(H,25,28). The monoisotopic (exact) mass is 384 g/mol. The van der Waals surface area contributed by atoms with E-state index in [9.17, 15) is 4.79 Å². The van der Waals surface area contributed by atoms with Crippen LogP contribution in [-0.2, 0) is 0 Å². The number of rotatable bonds is 5. The Morgan fingerprint density at radius 2 is 1.69 bits per heavy atom. The summed E-state index contributed by atoms with van der Waals surface area (Å²) in [7, 11) is 0. The maximum absolute atomic E-state index is 12.7. The lowest BCUT2D eigenvalue weighted by molar-refractivity contribution is 0.102. The number of nitrogens with one attached hydrogen (secondary N) is 1. The predicted octanol–water partition coefficient (Wildman–Crippen LogP) is 5.17. The number of anilines is 1. The number of benzene rings is 2. The molecule has 4 aromatic rings. The van der Waals surface area contributed by atoms with Crippen LogP contribution in [0.5, 0.6) is 0 Å². The average Bonchev–Trinajstić information content (AvgIpc) is 3.25. The molecular weight excluding hydrogens is 364 g/mol. The molecule has 4 rings (SSSR count). The first-order valence-electron chi connectivity index (χ1n) is 9.36.